The van der Waals surface area contributed by atoms with Crippen molar-refractivity contribution in [2.24, 2.45) is 22.2 Å². The molecule has 0 aliphatic carbocycles. The number of aliphatic imine (C=N–C) groups is 1. The van der Waals surface area contributed by atoms with Gasteiger partial charge in [0.2, 0.25) is 35.4 Å². The highest BCUT2D eigenvalue weighted by atomic mass is 16.4. The summed E-state index contributed by atoms with van der Waals surface area (Å²) >= 11 is 0. The first-order valence-corrected chi connectivity index (χ1v) is 20.4. The lowest BCUT2D eigenvalue weighted by molar-refractivity contribution is -0.145. The van der Waals surface area contributed by atoms with E-state index in [0.717, 1.165) is 0 Å². The van der Waals surface area contributed by atoms with Gasteiger partial charge in [0.15, 0.2) is 5.96 Å². The van der Waals surface area contributed by atoms with Crippen molar-refractivity contribution in [1.82, 2.24) is 31.5 Å². The van der Waals surface area contributed by atoms with Crippen LogP contribution in [0.1, 0.15) is 49.3 Å². The fraction of sp³-hybridized carbons (Fsp3) is 0.395. The van der Waals surface area contributed by atoms with Crippen molar-refractivity contribution in [3.8, 4) is 11.5 Å². The van der Waals surface area contributed by atoms with E-state index in [2.05, 4.69) is 31.6 Å². The molecule has 6 amide bonds. The zero-order chi connectivity index (χ0) is 46.1. The van der Waals surface area contributed by atoms with Gasteiger partial charge in [-0.3, -0.25) is 33.8 Å². The number of rotatable bonds is 22. The molecule has 0 saturated carbocycles. The molecule has 0 radical (unpaired) electrons. The summed E-state index contributed by atoms with van der Waals surface area (Å²) in [5.41, 5.74) is 18.7. The van der Waals surface area contributed by atoms with Crippen LogP contribution in [0.4, 0.5) is 0 Å². The quantitative estimate of drug-likeness (QED) is 0.0317. The van der Waals surface area contributed by atoms with E-state index in [4.69, 9.17) is 17.2 Å². The number of hydrogen-bond acceptors (Lipinski definition) is 11. The van der Waals surface area contributed by atoms with E-state index < -0.39 is 84.2 Å². The van der Waals surface area contributed by atoms with Gasteiger partial charge in [-0.05, 0) is 80.0 Å². The maximum absolute atomic E-state index is 14.2. The van der Waals surface area contributed by atoms with Crippen LogP contribution in [0.2, 0.25) is 0 Å². The summed E-state index contributed by atoms with van der Waals surface area (Å²) in [6, 6.07) is 13.9. The van der Waals surface area contributed by atoms with Crippen molar-refractivity contribution < 1.29 is 48.9 Å². The van der Waals surface area contributed by atoms with Gasteiger partial charge in [-0.2, -0.15) is 0 Å². The highest BCUT2D eigenvalue weighted by molar-refractivity contribution is 5.96. The molecule has 0 aromatic heterocycles. The smallest absolute Gasteiger partial charge is 0.326 e. The van der Waals surface area contributed by atoms with Gasteiger partial charge in [0, 0.05) is 25.9 Å². The SMILES string of the molecule is C[C@@H](NC(=O)[C@@H](N)Cc1ccc(O)cc1)C(=O)N[C@@H](Cc1ccccc1)C(=O)NCC(=O)N[C@@H](Cc1ccc(O)cc1)C(=O)N1CCC[C@H]1C(=O)N[C@@H](CCCN=C(N)N)C(=O)O. The summed E-state index contributed by atoms with van der Waals surface area (Å²) in [7, 11) is 0. The molecule has 20 nitrogen and oxygen atoms in total. The summed E-state index contributed by atoms with van der Waals surface area (Å²) in [6.45, 7) is 1.09. The molecule has 0 unspecified atom stereocenters. The molecule has 1 heterocycles. The maximum Gasteiger partial charge on any atom is 0.326 e. The number of phenolic OH excluding ortho intramolecular Hbond substituents is 2. The second-order valence-electron chi connectivity index (χ2n) is 15.2. The van der Waals surface area contributed by atoms with E-state index in [1.807, 2.05) is 0 Å². The second kappa shape index (κ2) is 23.7. The number of nitrogens with two attached hydrogens (primary N) is 3. The fourth-order valence-corrected chi connectivity index (χ4v) is 6.86. The predicted molar refractivity (Wildman–Crippen MR) is 230 cm³/mol. The van der Waals surface area contributed by atoms with Gasteiger partial charge in [0.1, 0.15) is 41.7 Å². The van der Waals surface area contributed by atoms with Crippen molar-refractivity contribution in [3.63, 3.8) is 0 Å². The van der Waals surface area contributed by atoms with Gasteiger partial charge in [0.25, 0.3) is 0 Å². The number of nitrogens with one attached hydrogen (secondary N) is 5. The fourth-order valence-electron chi connectivity index (χ4n) is 6.86. The third-order valence-electron chi connectivity index (χ3n) is 10.2. The topological polar surface area (TPSA) is 334 Å². The Morgan fingerprint density at radius 1 is 0.730 bits per heavy atom. The Labute approximate surface area is 364 Å². The third-order valence-corrected chi connectivity index (χ3v) is 10.2. The molecular formula is C43H56N10O10. The van der Waals surface area contributed by atoms with Crippen LogP contribution in [-0.2, 0) is 52.8 Å². The maximum atomic E-state index is 14.2. The Morgan fingerprint density at radius 2 is 1.32 bits per heavy atom. The molecule has 3 aromatic rings. The number of hydrogen-bond donors (Lipinski definition) is 11. The molecule has 3 aromatic carbocycles. The Hall–Kier alpha value is -7.22. The lowest BCUT2D eigenvalue weighted by Gasteiger charge is -2.29. The molecule has 6 atom stereocenters. The van der Waals surface area contributed by atoms with E-state index in [1.165, 1.54) is 36.1 Å². The predicted octanol–water partition coefficient (Wildman–Crippen LogP) is -1.34. The molecule has 4 rings (SSSR count). The Bertz CT molecular complexity index is 2080. The number of nitrogens with zero attached hydrogens (tertiary/aromatic N) is 2. The summed E-state index contributed by atoms with van der Waals surface area (Å²) in [6.07, 6.45) is 1.01. The van der Waals surface area contributed by atoms with Crippen LogP contribution >= 0.6 is 0 Å². The van der Waals surface area contributed by atoms with E-state index in [1.54, 1.807) is 54.6 Å². The lowest BCUT2D eigenvalue weighted by Crippen LogP contribution is -2.57. The van der Waals surface area contributed by atoms with Crippen molar-refractivity contribution in [1.29, 1.82) is 0 Å². The molecule has 1 aliphatic heterocycles. The standard InChI is InChI=1S/C43H56N10O10/c1-25(49-38(58)31(44)21-27-11-15-29(54)16-12-27)37(57)52-33(22-26-7-3-2-4-8-26)39(59)48-24-36(56)50-34(23-28-13-17-30(55)18-14-28)41(61)53-20-6-10-35(53)40(60)51-32(42(62)63)9-5-19-47-43(45)46/h2-4,7-8,11-18,25,31-35,54-55H,5-6,9-10,19-24,44H2,1H3,(H,48,59)(H,49,58)(H,50,56)(H,51,60)(H,52,57)(H,62,63)(H4,45,46,47)/t25-,31+,32+,33+,34+,35+/m1/s1. The van der Waals surface area contributed by atoms with Crippen LogP contribution in [0.3, 0.4) is 0 Å². The van der Waals surface area contributed by atoms with Gasteiger partial charge >= 0.3 is 5.97 Å². The number of carbonyl (C=O) groups excluding carboxylic acids is 6. The number of likely N-dealkylation sites (tertiary alicyclic amines) is 1. The Kier molecular flexibility index (Phi) is 18.2. The normalized spacial score (nSPS) is 15.7. The number of carboxylic acid groups (broad SMARTS) is 1. The summed E-state index contributed by atoms with van der Waals surface area (Å²) in [5, 5.41) is 42.0. The highest BCUT2D eigenvalue weighted by Crippen LogP contribution is 2.21. The molecule has 0 bridgehead atoms. The van der Waals surface area contributed by atoms with Crippen molar-refractivity contribution in [3.05, 3.63) is 95.6 Å². The number of carboxylic acids is 1. The second-order valence-corrected chi connectivity index (χ2v) is 15.2. The zero-order valence-corrected chi connectivity index (χ0v) is 34.9. The minimum Gasteiger partial charge on any atom is -0.508 e. The largest absolute Gasteiger partial charge is 0.508 e. The lowest BCUT2D eigenvalue weighted by atomic mass is 10.0. The summed E-state index contributed by atoms with van der Waals surface area (Å²) in [5.74, 6) is -5.57. The molecular weight excluding hydrogens is 817 g/mol. The number of carbonyl (C=O) groups is 7. The highest BCUT2D eigenvalue weighted by Gasteiger charge is 2.39. The summed E-state index contributed by atoms with van der Waals surface area (Å²) < 4.78 is 0. The van der Waals surface area contributed by atoms with Gasteiger partial charge in [0.05, 0.1) is 12.6 Å². The molecule has 1 saturated heterocycles. The number of benzene rings is 3. The first kappa shape index (κ1) is 48.4. The van der Waals surface area contributed by atoms with Crippen LogP contribution < -0.4 is 43.8 Å². The Balaban J connectivity index is 1.42. The number of amides is 6. The molecule has 63 heavy (non-hydrogen) atoms. The van der Waals surface area contributed by atoms with Crippen LogP contribution in [0, 0.1) is 0 Å². The number of aromatic hydroxyl groups is 2. The van der Waals surface area contributed by atoms with E-state index in [-0.39, 0.29) is 69.1 Å². The molecule has 0 spiro atoms. The van der Waals surface area contributed by atoms with Crippen LogP contribution in [-0.4, -0.2) is 123 Å². The average Bonchev–Trinajstić information content (AvgIpc) is 3.75. The molecule has 1 aliphatic rings. The monoisotopic (exact) mass is 872 g/mol. The van der Waals surface area contributed by atoms with Gasteiger partial charge in [-0.1, -0.05) is 54.6 Å². The van der Waals surface area contributed by atoms with Crippen molar-refractivity contribution in [2.45, 2.75) is 88.1 Å². The van der Waals surface area contributed by atoms with Crippen LogP contribution in [0.15, 0.2) is 83.9 Å². The van der Waals surface area contributed by atoms with E-state index in [0.29, 0.717) is 23.1 Å². The minimum absolute atomic E-state index is 0.0143. The Morgan fingerprint density at radius 3 is 1.92 bits per heavy atom. The number of phenols is 2. The average molecular weight is 873 g/mol. The van der Waals surface area contributed by atoms with Gasteiger partial charge < -0.3 is 64.0 Å². The van der Waals surface area contributed by atoms with E-state index >= 15 is 0 Å². The molecule has 338 valence electrons. The zero-order valence-electron chi connectivity index (χ0n) is 34.9. The van der Waals surface area contributed by atoms with Gasteiger partial charge in [-0.15, -0.1) is 0 Å². The summed E-state index contributed by atoms with van der Waals surface area (Å²) in [4.78, 5) is 98.1. The van der Waals surface area contributed by atoms with Crippen LogP contribution in [0.25, 0.3) is 0 Å². The minimum atomic E-state index is -1.28. The molecule has 14 N–H and O–H groups in total. The third kappa shape index (κ3) is 15.6. The number of guanidine groups is 1. The van der Waals surface area contributed by atoms with Crippen molar-refractivity contribution >= 4 is 47.4 Å². The van der Waals surface area contributed by atoms with E-state index in [9.17, 15) is 48.9 Å². The van der Waals surface area contributed by atoms with Crippen molar-refractivity contribution in [2.75, 3.05) is 19.6 Å². The molecule has 1 fully saturated rings. The first-order chi connectivity index (χ1) is 30.0. The number of aliphatic carboxylic acids is 1. The van der Waals surface area contributed by atoms with Crippen LogP contribution in [0.5, 0.6) is 11.5 Å². The first-order valence-electron chi connectivity index (χ1n) is 20.4. The van der Waals surface area contributed by atoms with Gasteiger partial charge in [-0.25, -0.2) is 4.79 Å². The molecule has 20 heteroatoms.